The number of nitrogens with two attached hydrogens (primary N) is 1. The number of hydrogen-bond acceptors (Lipinski definition) is 9. The molecule has 2 aromatic carbocycles. The molecule has 1 aromatic heterocycles. The highest BCUT2D eigenvalue weighted by molar-refractivity contribution is 5.95. The number of carbonyl (C=O) groups excluding carboxylic acids is 3. The number of nitrogens with one attached hydrogen (secondary N) is 3. The molecule has 5 N–H and O–H groups in total. The van der Waals surface area contributed by atoms with Crippen molar-refractivity contribution in [2.24, 2.45) is 5.73 Å². The first-order valence-corrected chi connectivity index (χ1v) is 14.2. The Morgan fingerprint density at radius 3 is 2.24 bits per heavy atom. The number of anilines is 1. The van der Waals surface area contributed by atoms with Crippen molar-refractivity contribution in [3.63, 3.8) is 0 Å². The molecule has 2 heterocycles. The number of rotatable bonds is 13. The van der Waals surface area contributed by atoms with Crippen LogP contribution < -0.4 is 11.1 Å². The van der Waals surface area contributed by atoms with Gasteiger partial charge in [-0.1, -0.05) is 6.07 Å². The molecule has 0 aliphatic carbocycles. The standard InChI is InChI=1S/C30H39N7O5/c1-4-41-25(38)17-37(18-26(39)42-5-2)28(30(40)36-14-6-7-15-36)22-12-13-23-27(19(22)3)35-24(34-23)16-33-21-10-8-20(9-11-21)29(31)32/h8-13,28,33H,4-7,14-18H2,1-3H3,(H3,31,32)(H,34,35). The largest absolute Gasteiger partial charge is 0.465 e. The summed E-state index contributed by atoms with van der Waals surface area (Å²) in [6.45, 7) is 6.86. The maximum atomic E-state index is 14.0. The van der Waals surface area contributed by atoms with Gasteiger partial charge in [0.2, 0.25) is 5.91 Å². The zero-order valence-electron chi connectivity index (χ0n) is 24.4. The van der Waals surface area contributed by atoms with Crippen molar-refractivity contribution in [3.8, 4) is 0 Å². The number of nitrogens with zero attached hydrogens (tertiary/aromatic N) is 3. The molecular formula is C30H39N7O5. The number of imidazole rings is 1. The molecule has 1 amide bonds. The summed E-state index contributed by atoms with van der Waals surface area (Å²) >= 11 is 0. The second-order valence-electron chi connectivity index (χ2n) is 10.2. The smallest absolute Gasteiger partial charge is 0.320 e. The Labute approximate surface area is 245 Å². The van der Waals surface area contributed by atoms with Crippen LogP contribution in [0, 0.1) is 12.3 Å². The van der Waals surface area contributed by atoms with Crippen LogP contribution in [-0.4, -0.2) is 82.8 Å². The summed E-state index contributed by atoms with van der Waals surface area (Å²) < 4.78 is 10.4. The molecule has 0 radical (unpaired) electrons. The zero-order valence-corrected chi connectivity index (χ0v) is 24.4. The first kappa shape index (κ1) is 30.5. The normalized spacial score (nSPS) is 13.8. The number of aryl methyl sites for hydroxylation is 1. The fraction of sp³-hybridized carbons (Fsp3) is 0.433. The number of aromatic amines is 1. The predicted octanol–water partition coefficient (Wildman–Crippen LogP) is 2.86. The third kappa shape index (κ3) is 7.24. The summed E-state index contributed by atoms with van der Waals surface area (Å²) in [5, 5.41) is 10.9. The molecule has 1 saturated heterocycles. The van der Waals surface area contributed by atoms with E-state index in [0.29, 0.717) is 42.1 Å². The third-order valence-electron chi connectivity index (χ3n) is 7.24. The molecule has 3 aromatic rings. The van der Waals surface area contributed by atoms with E-state index in [4.69, 9.17) is 25.6 Å². The van der Waals surface area contributed by atoms with E-state index in [9.17, 15) is 14.4 Å². The molecule has 224 valence electrons. The lowest BCUT2D eigenvalue weighted by Gasteiger charge is -2.33. The molecule has 0 saturated carbocycles. The van der Waals surface area contributed by atoms with Gasteiger partial charge in [-0.3, -0.25) is 24.7 Å². The predicted molar refractivity (Wildman–Crippen MR) is 159 cm³/mol. The van der Waals surface area contributed by atoms with Gasteiger partial charge in [0.15, 0.2) is 0 Å². The van der Waals surface area contributed by atoms with Gasteiger partial charge in [0.25, 0.3) is 0 Å². The summed E-state index contributed by atoms with van der Waals surface area (Å²) in [7, 11) is 0. The van der Waals surface area contributed by atoms with Gasteiger partial charge in [0, 0.05) is 24.3 Å². The average Bonchev–Trinajstić information content (AvgIpc) is 3.64. The molecule has 0 spiro atoms. The van der Waals surface area contributed by atoms with E-state index in [1.807, 2.05) is 31.2 Å². The molecule has 1 fully saturated rings. The third-order valence-corrected chi connectivity index (χ3v) is 7.24. The first-order valence-electron chi connectivity index (χ1n) is 14.2. The highest BCUT2D eigenvalue weighted by Crippen LogP contribution is 2.31. The van der Waals surface area contributed by atoms with Crippen LogP contribution >= 0.6 is 0 Å². The summed E-state index contributed by atoms with van der Waals surface area (Å²) in [4.78, 5) is 50.7. The number of hydrogen-bond donors (Lipinski definition) is 4. The molecule has 12 nitrogen and oxygen atoms in total. The Morgan fingerprint density at radius 2 is 1.67 bits per heavy atom. The van der Waals surface area contributed by atoms with E-state index >= 15 is 0 Å². The molecule has 42 heavy (non-hydrogen) atoms. The van der Waals surface area contributed by atoms with E-state index in [1.54, 1.807) is 35.8 Å². The number of aromatic nitrogens is 2. The number of esters is 2. The van der Waals surface area contributed by atoms with E-state index in [0.717, 1.165) is 29.6 Å². The number of amidine groups is 1. The maximum absolute atomic E-state index is 14.0. The number of likely N-dealkylation sites (tertiary alicyclic amines) is 1. The van der Waals surface area contributed by atoms with Gasteiger partial charge in [-0.15, -0.1) is 0 Å². The fourth-order valence-electron chi connectivity index (χ4n) is 5.19. The number of ether oxygens (including phenoxy) is 2. The molecule has 12 heteroatoms. The van der Waals surface area contributed by atoms with Gasteiger partial charge < -0.3 is 30.4 Å². The lowest BCUT2D eigenvalue weighted by Crippen LogP contribution is -2.46. The van der Waals surface area contributed by atoms with Crippen LogP contribution in [0.5, 0.6) is 0 Å². The van der Waals surface area contributed by atoms with Crippen molar-refractivity contribution in [3.05, 3.63) is 58.9 Å². The Hall–Kier alpha value is -4.45. The van der Waals surface area contributed by atoms with Crippen LogP contribution in [0.3, 0.4) is 0 Å². The Kier molecular flexibility index (Phi) is 10.1. The SMILES string of the molecule is CCOC(=O)CN(CC(=O)OCC)C(C(=O)N1CCCC1)c1ccc2[nH]c(CNc3ccc(C(=N)N)cc3)nc2c1C. The number of amides is 1. The molecule has 1 aliphatic rings. The van der Waals surface area contributed by atoms with Gasteiger partial charge in [0.1, 0.15) is 17.7 Å². The minimum absolute atomic E-state index is 0.00899. The number of fused-ring (bicyclic) bond motifs is 1. The molecule has 1 unspecified atom stereocenters. The molecular weight excluding hydrogens is 538 g/mol. The van der Waals surface area contributed by atoms with Crippen molar-refractivity contribution in [1.82, 2.24) is 19.8 Å². The van der Waals surface area contributed by atoms with Crippen molar-refractivity contribution < 1.29 is 23.9 Å². The lowest BCUT2D eigenvalue weighted by molar-refractivity contribution is -0.151. The van der Waals surface area contributed by atoms with Crippen LogP contribution in [0.15, 0.2) is 36.4 Å². The van der Waals surface area contributed by atoms with Crippen molar-refractivity contribution in [1.29, 1.82) is 5.41 Å². The quantitative estimate of drug-likeness (QED) is 0.136. The Morgan fingerprint density at radius 1 is 1.05 bits per heavy atom. The topological polar surface area (TPSA) is 167 Å². The van der Waals surface area contributed by atoms with Gasteiger partial charge in [-0.05, 0) is 75.1 Å². The van der Waals surface area contributed by atoms with Gasteiger partial charge in [0.05, 0.1) is 43.9 Å². The lowest BCUT2D eigenvalue weighted by atomic mass is 9.97. The number of carbonyl (C=O) groups is 3. The van der Waals surface area contributed by atoms with Crippen LogP contribution in [0.1, 0.15) is 55.2 Å². The van der Waals surface area contributed by atoms with Gasteiger partial charge in [-0.2, -0.15) is 0 Å². The minimum atomic E-state index is -0.903. The second kappa shape index (κ2) is 13.9. The summed E-state index contributed by atoms with van der Waals surface area (Å²) in [6, 6.07) is 10.1. The highest BCUT2D eigenvalue weighted by atomic mass is 16.5. The van der Waals surface area contributed by atoms with E-state index in [1.165, 1.54) is 0 Å². The Bertz CT molecular complexity index is 1410. The van der Waals surface area contributed by atoms with Crippen LogP contribution in [0.25, 0.3) is 11.0 Å². The summed E-state index contributed by atoms with van der Waals surface area (Å²) in [5.74, 6) is -0.517. The summed E-state index contributed by atoms with van der Waals surface area (Å²) in [6.07, 6.45) is 1.80. The van der Waals surface area contributed by atoms with Crippen LogP contribution in [0.2, 0.25) is 0 Å². The minimum Gasteiger partial charge on any atom is -0.465 e. The zero-order chi connectivity index (χ0) is 30.2. The van der Waals surface area contributed by atoms with Gasteiger partial charge >= 0.3 is 11.9 Å². The molecule has 0 bridgehead atoms. The fourth-order valence-corrected chi connectivity index (χ4v) is 5.19. The molecule has 1 aliphatic heterocycles. The number of nitrogen functional groups attached to an aromatic ring is 1. The summed E-state index contributed by atoms with van der Waals surface area (Å²) in [5.41, 5.74) is 9.97. The van der Waals surface area contributed by atoms with E-state index in [-0.39, 0.29) is 38.0 Å². The number of H-pyrrole nitrogens is 1. The van der Waals surface area contributed by atoms with E-state index < -0.39 is 18.0 Å². The van der Waals surface area contributed by atoms with Crippen molar-refractivity contribution >= 4 is 40.4 Å². The van der Waals surface area contributed by atoms with Crippen LogP contribution in [0.4, 0.5) is 5.69 Å². The monoisotopic (exact) mass is 577 g/mol. The number of benzene rings is 2. The highest BCUT2D eigenvalue weighted by Gasteiger charge is 2.36. The Balaban J connectivity index is 1.67. The first-order chi connectivity index (χ1) is 20.2. The van der Waals surface area contributed by atoms with Crippen molar-refractivity contribution in [2.75, 3.05) is 44.7 Å². The van der Waals surface area contributed by atoms with Gasteiger partial charge in [-0.25, -0.2) is 4.98 Å². The van der Waals surface area contributed by atoms with Crippen molar-refractivity contribution in [2.45, 2.75) is 46.2 Å². The second-order valence-corrected chi connectivity index (χ2v) is 10.2. The molecule has 4 rings (SSSR count). The average molecular weight is 578 g/mol. The van der Waals surface area contributed by atoms with Crippen LogP contribution in [-0.2, 0) is 30.4 Å². The maximum Gasteiger partial charge on any atom is 0.320 e. The van der Waals surface area contributed by atoms with E-state index in [2.05, 4.69) is 10.3 Å². The molecule has 1 atom stereocenters.